The quantitative estimate of drug-likeness (QED) is 0.623. The lowest BCUT2D eigenvalue weighted by molar-refractivity contribution is -0.138. The van der Waals surface area contributed by atoms with E-state index in [1.165, 1.54) is 11.3 Å². The fraction of sp³-hybridized carbons (Fsp3) is 0.214. The number of thiazole rings is 1. The molecule has 21 heavy (non-hydrogen) atoms. The van der Waals surface area contributed by atoms with Gasteiger partial charge in [-0.1, -0.05) is 23.5 Å². The highest BCUT2D eigenvalue weighted by Gasteiger charge is 2.42. The summed E-state index contributed by atoms with van der Waals surface area (Å²) < 4.78 is 6.76. The van der Waals surface area contributed by atoms with Crippen LogP contribution >= 0.6 is 35.3 Å². The number of carbonyl (C=O) groups excluding carboxylic acids is 1. The first kappa shape index (κ1) is 13.2. The van der Waals surface area contributed by atoms with Gasteiger partial charge in [-0.05, 0) is 30.4 Å². The van der Waals surface area contributed by atoms with Gasteiger partial charge in [-0.2, -0.15) is 0 Å². The fourth-order valence-corrected chi connectivity index (χ4v) is 4.61. The van der Waals surface area contributed by atoms with Crippen LogP contribution in [0, 0.1) is 0 Å². The van der Waals surface area contributed by atoms with Crippen molar-refractivity contribution in [3.8, 4) is 5.19 Å². The molecule has 4 nitrogen and oxygen atoms in total. The van der Waals surface area contributed by atoms with E-state index in [2.05, 4.69) is 4.98 Å². The van der Waals surface area contributed by atoms with Crippen LogP contribution in [0.25, 0.3) is 10.2 Å². The fourth-order valence-electron chi connectivity index (χ4n) is 2.35. The van der Waals surface area contributed by atoms with E-state index in [4.69, 9.17) is 17.0 Å². The zero-order valence-corrected chi connectivity index (χ0v) is 13.3. The van der Waals surface area contributed by atoms with E-state index >= 15 is 0 Å². The molecule has 7 heteroatoms. The molecule has 106 valence electrons. The summed E-state index contributed by atoms with van der Waals surface area (Å²) in [5.74, 6) is 0.960. The van der Waals surface area contributed by atoms with Crippen molar-refractivity contribution >= 4 is 56.5 Å². The zero-order valence-electron chi connectivity index (χ0n) is 10.8. The van der Waals surface area contributed by atoms with Crippen molar-refractivity contribution in [1.82, 2.24) is 9.88 Å². The third-order valence-corrected chi connectivity index (χ3v) is 5.72. The van der Waals surface area contributed by atoms with Gasteiger partial charge in [0.15, 0.2) is 0 Å². The summed E-state index contributed by atoms with van der Waals surface area (Å²) in [6.07, 6.45) is 2.54. The molecule has 0 spiro atoms. The van der Waals surface area contributed by atoms with Gasteiger partial charge in [0.25, 0.3) is 5.19 Å². The van der Waals surface area contributed by atoms with Crippen LogP contribution in [0.2, 0.25) is 0 Å². The maximum absolute atomic E-state index is 11.7. The molecule has 2 aromatic rings. The van der Waals surface area contributed by atoms with Gasteiger partial charge in [0, 0.05) is 5.75 Å². The Balaban J connectivity index is 1.57. The number of hydrogen-bond acceptors (Lipinski definition) is 6. The number of thioether (sulfide) groups is 1. The summed E-state index contributed by atoms with van der Waals surface area (Å²) >= 11 is 8.55. The number of thiocarbonyl (C=S) groups is 1. The molecule has 0 saturated carbocycles. The molecule has 1 aromatic carbocycles. The first-order valence-corrected chi connectivity index (χ1v) is 8.71. The topological polar surface area (TPSA) is 42.4 Å². The molecule has 1 atom stereocenters. The van der Waals surface area contributed by atoms with Crippen LogP contribution < -0.4 is 4.74 Å². The number of fused-ring (bicyclic) bond motifs is 2. The minimum Gasteiger partial charge on any atom is -0.417 e. The van der Waals surface area contributed by atoms with Crippen molar-refractivity contribution in [2.24, 2.45) is 0 Å². The molecule has 0 aliphatic carbocycles. The molecule has 2 aliphatic rings. The highest BCUT2D eigenvalue weighted by atomic mass is 32.2. The number of hydrogen-bond donors (Lipinski definition) is 0. The van der Waals surface area contributed by atoms with Crippen LogP contribution in [-0.4, -0.2) is 32.0 Å². The second-order valence-electron chi connectivity index (χ2n) is 4.68. The first-order valence-electron chi connectivity index (χ1n) is 6.44. The number of nitrogens with zero attached hydrogens (tertiary/aromatic N) is 2. The standard InChI is InChI=1S/C14H10N2O2S3/c17-11-7-12-16(11)9(5-6-20-12)13(19)18-14-15-8-3-1-2-4-10(8)21-14/h1-5,12H,6-7H2/t12-/m1/s1. The van der Waals surface area contributed by atoms with Crippen molar-refractivity contribution < 1.29 is 9.53 Å². The summed E-state index contributed by atoms with van der Waals surface area (Å²) in [7, 11) is 0. The number of benzene rings is 1. The third-order valence-electron chi connectivity index (χ3n) is 3.39. The Labute approximate surface area is 134 Å². The van der Waals surface area contributed by atoms with Crippen molar-refractivity contribution in [2.75, 3.05) is 5.75 Å². The molecule has 1 saturated heterocycles. The maximum Gasteiger partial charge on any atom is 0.280 e. The lowest BCUT2D eigenvalue weighted by Crippen LogP contribution is -2.53. The van der Waals surface area contributed by atoms with Gasteiger partial charge in [0.1, 0.15) is 0 Å². The number of carbonyl (C=O) groups is 1. The average Bonchev–Trinajstić information content (AvgIpc) is 2.87. The molecule has 3 heterocycles. The average molecular weight is 334 g/mol. The Hall–Kier alpha value is -1.44. The number of aromatic nitrogens is 1. The Morgan fingerprint density at radius 2 is 2.29 bits per heavy atom. The number of ether oxygens (including phenoxy) is 1. The van der Waals surface area contributed by atoms with Crippen LogP contribution in [0.1, 0.15) is 6.42 Å². The SMILES string of the molecule is O=C1C[C@H]2SCC=C(C(=S)Oc3nc4ccccc4s3)N12. The summed E-state index contributed by atoms with van der Waals surface area (Å²) in [5.41, 5.74) is 1.61. The summed E-state index contributed by atoms with van der Waals surface area (Å²) in [6, 6.07) is 7.84. The molecule has 0 unspecified atom stereocenters. The molecular formula is C14H10N2O2S3. The van der Waals surface area contributed by atoms with Gasteiger partial charge in [-0.15, -0.1) is 11.8 Å². The lowest BCUT2D eigenvalue weighted by atomic mass is 10.1. The molecule has 1 fully saturated rings. The molecule has 0 N–H and O–H groups in total. The lowest BCUT2D eigenvalue weighted by Gasteiger charge is -2.43. The Kier molecular flexibility index (Phi) is 3.20. The van der Waals surface area contributed by atoms with Gasteiger partial charge in [-0.25, -0.2) is 4.98 Å². The van der Waals surface area contributed by atoms with E-state index in [1.807, 2.05) is 30.3 Å². The first-order chi connectivity index (χ1) is 10.2. The molecule has 1 amide bonds. The van der Waals surface area contributed by atoms with Gasteiger partial charge in [-0.3, -0.25) is 9.69 Å². The summed E-state index contributed by atoms with van der Waals surface area (Å²) in [4.78, 5) is 17.8. The Morgan fingerprint density at radius 1 is 1.43 bits per heavy atom. The van der Waals surface area contributed by atoms with Crippen LogP contribution in [0.5, 0.6) is 5.19 Å². The van der Waals surface area contributed by atoms with Crippen molar-refractivity contribution in [1.29, 1.82) is 0 Å². The third kappa shape index (κ3) is 2.25. The van der Waals surface area contributed by atoms with E-state index in [0.717, 1.165) is 16.0 Å². The predicted molar refractivity (Wildman–Crippen MR) is 88.6 cm³/mol. The van der Waals surface area contributed by atoms with Gasteiger partial charge in [0.2, 0.25) is 11.0 Å². The Morgan fingerprint density at radius 3 is 3.10 bits per heavy atom. The predicted octanol–water partition coefficient (Wildman–Crippen LogP) is 3.19. The second kappa shape index (κ2) is 5.08. The van der Waals surface area contributed by atoms with Gasteiger partial charge >= 0.3 is 0 Å². The van der Waals surface area contributed by atoms with Crippen LogP contribution in [0.4, 0.5) is 0 Å². The van der Waals surface area contributed by atoms with Crippen LogP contribution in [0.3, 0.4) is 0 Å². The monoisotopic (exact) mass is 334 g/mol. The van der Waals surface area contributed by atoms with Crippen LogP contribution in [-0.2, 0) is 4.79 Å². The van der Waals surface area contributed by atoms with E-state index in [-0.39, 0.29) is 11.3 Å². The highest BCUT2D eigenvalue weighted by Crippen LogP contribution is 2.38. The number of β-lactam (4-membered cyclic amide) rings is 1. The molecule has 2 aliphatic heterocycles. The van der Waals surface area contributed by atoms with E-state index in [0.29, 0.717) is 22.4 Å². The number of para-hydroxylation sites is 1. The maximum atomic E-state index is 11.7. The zero-order chi connectivity index (χ0) is 14.4. The molecule has 4 rings (SSSR count). The van der Waals surface area contributed by atoms with Crippen molar-refractivity contribution in [3.63, 3.8) is 0 Å². The van der Waals surface area contributed by atoms with E-state index < -0.39 is 0 Å². The van der Waals surface area contributed by atoms with E-state index in [1.54, 1.807) is 16.7 Å². The van der Waals surface area contributed by atoms with Crippen molar-refractivity contribution in [2.45, 2.75) is 11.8 Å². The van der Waals surface area contributed by atoms with Crippen molar-refractivity contribution in [3.05, 3.63) is 36.0 Å². The largest absolute Gasteiger partial charge is 0.417 e. The summed E-state index contributed by atoms with van der Waals surface area (Å²) in [6.45, 7) is 0. The molecule has 1 aromatic heterocycles. The molecule has 0 bridgehead atoms. The summed E-state index contributed by atoms with van der Waals surface area (Å²) in [5, 5.41) is 1.06. The minimum atomic E-state index is 0.105. The van der Waals surface area contributed by atoms with Gasteiger partial charge < -0.3 is 4.74 Å². The van der Waals surface area contributed by atoms with E-state index in [9.17, 15) is 4.79 Å². The smallest absolute Gasteiger partial charge is 0.280 e. The number of amides is 1. The Bertz CT molecular complexity index is 750. The minimum absolute atomic E-state index is 0.105. The van der Waals surface area contributed by atoms with Crippen LogP contribution in [0.15, 0.2) is 36.0 Å². The molecule has 0 radical (unpaired) electrons. The van der Waals surface area contributed by atoms with Gasteiger partial charge in [0.05, 0.1) is 27.7 Å². The second-order valence-corrected chi connectivity index (χ2v) is 7.26. The highest BCUT2D eigenvalue weighted by molar-refractivity contribution is 8.00. The normalized spacial score (nSPS) is 20.8. The molecular weight excluding hydrogens is 324 g/mol. The number of rotatable bonds is 2.